The highest BCUT2D eigenvalue weighted by molar-refractivity contribution is 5.83. The number of carbonyl (C=O) groups is 2. The van der Waals surface area contributed by atoms with E-state index >= 15 is 0 Å². The zero-order chi connectivity index (χ0) is 16.2. The smallest absolute Gasteiger partial charge is 0.242 e. The second-order valence-electron chi connectivity index (χ2n) is 6.61. The molecule has 1 saturated carbocycles. The topological polar surface area (TPSA) is 67.9 Å². The number of morpholine rings is 1. The van der Waals surface area contributed by atoms with Crippen molar-refractivity contribution < 1.29 is 19.1 Å². The first kappa shape index (κ1) is 17.2. The summed E-state index contributed by atoms with van der Waals surface area (Å²) in [7, 11) is 0. The highest BCUT2D eigenvalue weighted by Gasteiger charge is 2.47. The van der Waals surface area contributed by atoms with Gasteiger partial charge in [-0.25, -0.2) is 0 Å². The van der Waals surface area contributed by atoms with E-state index in [-0.39, 0.29) is 30.1 Å². The SMILES string of the molecule is CC(=O)NCC(=O)N1CCO[C@@]2(CCC[C@@H]2COC(C)C)C1. The van der Waals surface area contributed by atoms with Crippen molar-refractivity contribution in [1.82, 2.24) is 10.2 Å². The summed E-state index contributed by atoms with van der Waals surface area (Å²) in [6.45, 7) is 8.01. The summed E-state index contributed by atoms with van der Waals surface area (Å²) in [5.74, 6) is 0.125. The monoisotopic (exact) mass is 312 g/mol. The van der Waals surface area contributed by atoms with E-state index in [9.17, 15) is 9.59 Å². The summed E-state index contributed by atoms with van der Waals surface area (Å²) >= 11 is 0. The van der Waals surface area contributed by atoms with Crippen LogP contribution in [0.2, 0.25) is 0 Å². The van der Waals surface area contributed by atoms with Gasteiger partial charge < -0.3 is 19.7 Å². The second kappa shape index (κ2) is 7.42. The van der Waals surface area contributed by atoms with E-state index in [1.54, 1.807) is 0 Å². The minimum absolute atomic E-state index is 0.0340. The molecule has 2 aliphatic rings. The lowest BCUT2D eigenvalue weighted by molar-refractivity contribution is -0.162. The van der Waals surface area contributed by atoms with Crippen LogP contribution in [0.5, 0.6) is 0 Å². The normalized spacial score (nSPS) is 28.4. The first-order chi connectivity index (χ1) is 10.4. The first-order valence-corrected chi connectivity index (χ1v) is 8.21. The predicted molar refractivity (Wildman–Crippen MR) is 82.4 cm³/mol. The molecule has 0 bridgehead atoms. The Hall–Kier alpha value is -1.14. The number of hydrogen-bond acceptors (Lipinski definition) is 4. The maximum Gasteiger partial charge on any atom is 0.242 e. The highest BCUT2D eigenvalue weighted by Crippen LogP contribution is 2.41. The largest absolute Gasteiger partial charge is 0.378 e. The summed E-state index contributed by atoms with van der Waals surface area (Å²) < 4.78 is 11.9. The van der Waals surface area contributed by atoms with Crippen molar-refractivity contribution in [3.63, 3.8) is 0 Å². The van der Waals surface area contributed by atoms with Gasteiger partial charge in [0.2, 0.25) is 11.8 Å². The molecule has 0 aromatic rings. The number of amides is 2. The van der Waals surface area contributed by atoms with Gasteiger partial charge in [0.05, 0.1) is 38.0 Å². The van der Waals surface area contributed by atoms with E-state index in [2.05, 4.69) is 5.32 Å². The van der Waals surface area contributed by atoms with Crippen molar-refractivity contribution in [2.75, 3.05) is 32.8 Å². The van der Waals surface area contributed by atoms with Gasteiger partial charge >= 0.3 is 0 Å². The molecule has 2 amide bonds. The van der Waals surface area contributed by atoms with Crippen LogP contribution in [0, 0.1) is 5.92 Å². The van der Waals surface area contributed by atoms with E-state index in [0.717, 1.165) is 19.3 Å². The zero-order valence-electron chi connectivity index (χ0n) is 13.9. The van der Waals surface area contributed by atoms with Crippen LogP contribution in [0.3, 0.4) is 0 Å². The van der Waals surface area contributed by atoms with Gasteiger partial charge in [-0.2, -0.15) is 0 Å². The lowest BCUT2D eigenvalue weighted by Crippen LogP contribution is -2.57. The Morgan fingerprint density at radius 2 is 2.23 bits per heavy atom. The van der Waals surface area contributed by atoms with E-state index in [1.807, 2.05) is 18.7 Å². The molecule has 0 aromatic heterocycles. The molecule has 1 spiro atoms. The van der Waals surface area contributed by atoms with Crippen LogP contribution in [0.15, 0.2) is 0 Å². The summed E-state index contributed by atoms with van der Waals surface area (Å²) in [6.07, 6.45) is 3.38. The van der Waals surface area contributed by atoms with Crippen molar-refractivity contribution in [2.45, 2.75) is 51.7 Å². The Morgan fingerprint density at radius 1 is 1.45 bits per heavy atom. The molecular formula is C16H28N2O4. The number of ether oxygens (including phenoxy) is 2. The van der Waals surface area contributed by atoms with E-state index in [1.165, 1.54) is 6.92 Å². The van der Waals surface area contributed by atoms with Gasteiger partial charge in [0, 0.05) is 19.4 Å². The summed E-state index contributed by atoms with van der Waals surface area (Å²) in [6, 6.07) is 0. The van der Waals surface area contributed by atoms with Crippen LogP contribution in [0.4, 0.5) is 0 Å². The fourth-order valence-corrected chi connectivity index (χ4v) is 3.39. The molecule has 1 aliphatic carbocycles. The van der Waals surface area contributed by atoms with Gasteiger partial charge in [-0.3, -0.25) is 9.59 Å². The number of nitrogens with one attached hydrogen (secondary N) is 1. The Bertz CT molecular complexity index is 413. The molecule has 0 unspecified atom stereocenters. The van der Waals surface area contributed by atoms with Crippen molar-refractivity contribution in [3.05, 3.63) is 0 Å². The summed E-state index contributed by atoms with van der Waals surface area (Å²) in [4.78, 5) is 25.0. The maximum absolute atomic E-state index is 12.2. The molecule has 1 heterocycles. The van der Waals surface area contributed by atoms with Crippen molar-refractivity contribution in [2.24, 2.45) is 5.92 Å². The molecule has 2 fully saturated rings. The quantitative estimate of drug-likeness (QED) is 0.820. The Labute approximate surface area is 132 Å². The van der Waals surface area contributed by atoms with Crippen LogP contribution in [0.25, 0.3) is 0 Å². The Balaban J connectivity index is 1.95. The van der Waals surface area contributed by atoms with Gasteiger partial charge in [0.1, 0.15) is 0 Å². The van der Waals surface area contributed by atoms with Crippen LogP contribution in [-0.2, 0) is 19.1 Å². The molecule has 2 rings (SSSR count). The molecule has 1 aliphatic heterocycles. The van der Waals surface area contributed by atoms with Crippen molar-refractivity contribution in [3.8, 4) is 0 Å². The van der Waals surface area contributed by atoms with Crippen LogP contribution in [0.1, 0.15) is 40.0 Å². The van der Waals surface area contributed by atoms with Crippen LogP contribution in [-0.4, -0.2) is 61.3 Å². The third-order valence-corrected chi connectivity index (χ3v) is 4.58. The third-order valence-electron chi connectivity index (χ3n) is 4.58. The molecule has 1 saturated heterocycles. The third kappa shape index (κ3) is 4.20. The van der Waals surface area contributed by atoms with Crippen LogP contribution >= 0.6 is 0 Å². The van der Waals surface area contributed by atoms with Gasteiger partial charge in [-0.15, -0.1) is 0 Å². The molecule has 0 aromatic carbocycles. The molecule has 2 atom stereocenters. The van der Waals surface area contributed by atoms with Gasteiger partial charge in [-0.05, 0) is 26.7 Å². The molecule has 126 valence electrons. The van der Waals surface area contributed by atoms with E-state index < -0.39 is 0 Å². The van der Waals surface area contributed by atoms with Crippen molar-refractivity contribution in [1.29, 1.82) is 0 Å². The van der Waals surface area contributed by atoms with E-state index in [0.29, 0.717) is 32.2 Å². The fourth-order valence-electron chi connectivity index (χ4n) is 3.39. The Kier molecular flexibility index (Phi) is 5.81. The van der Waals surface area contributed by atoms with Crippen molar-refractivity contribution >= 4 is 11.8 Å². The maximum atomic E-state index is 12.2. The lowest BCUT2D eigenvalue weighted by atomic mass is 9.89. The molecule has 22 heavy (non-hydrogen) atoms. The molecule has 6 nitrogen and oxygen atoms in total. The predicted octanol–water partition coefficient (Wildman–Crippen LogP) is 0.945. The molecular weight excluding hydrogens is 284 g/mol. The average Bonchev–Trinajstić information content (AvgIpc) is 2.84. The van der Waals surface area contributed by atoms with Gasteiger partial charge in [0.25, 0.3) is 0 Å². The van der Waals surface area contributed by atoms with Crippen LogP contribution < -0.4 is 5.32 Å². The second-order valence-corrected chi connectivity index (χ2v) is 6.61. The Morgan fingerprint density at radius 3 is 2.91 bits per heavy atom. The molecule has 6 heteroatoms. The average molecular weight is 312 g/mol. The molecule has 0 radical (unpaired) electrons. The minimum atomic E-state index is -0.265. The van der Waals surface area contributed by atoms with Gasteiger partial charge in [0.15, 0.2) is 0 Å². The number of rotatable bonds is 5. The number of carbonyl (C=O) groups excluding carboxylic acids is 2. The standard InChI is InChI=1S/C16H28N2O4/c1-12(2)21-10-14-5-4-6-16(14)11-18(7-8-22-16)15(20)9-17-13(3)19/h12,14H,4-11H2,1-3H3,(H,17,19)/t14-,16+/m1/s1. The minimum Gasteiger partial charge on any atom is -0.378 e. The molecule has 1 N–H and O–H groups in total. The summed E-state index contributed by atoms with van der Waals surface area (Å²) in [5, 5.41) is 2.58. The number of nitrogens with zero attached hydrogens (tertiary/aromatic N) is 1. The lowest BCUT2D eigenvalue weighted by Gasteiger charge is -2.44. The first-order valence-electron chi connectivity index (χ1n) is 8.21. The number of hydrogen-bond donors (Lipinski definition) is 1. The van der Waals surface area contributed by atoms with Gasteiger partial charge in [-0.1, -0.05) is 6.42 Å². The highest BCUT2D eigenvalue weighted by atomic mass is 16.5. The fraction of sp³-hybridized carbons (Fsp3) is 0.875. The van der Waals surface area contributed by atoms with E-state index in [4.69, 9.17) is 9.47 Å². The summed E-state index contributed by atoms with van der Waals surface area (Å²) in [5.41, 5.74) is -0.265. The zero-order valence-corrected chi connectivity index (χ0v) is 13.9.